The summed E-state index contributed by atoms with van der Waals surface area (Å²) < 4.78 is 0. The molecule has 2 aromatic carbocycles. The van der Waals surface area contributed by atoms with Gasteiger partial charge in [0.25, 0.3) is 0 Å². The van der Waals surface area contributed by atoms with E-state index < -0.39 is 0 Å². The topological polar surface area (TPSA) is 28.2 Å². The fourth-order valence-corrected chi connectivity index (χ4v) is 2.92. The zero-order chi connectivity index (χ0) is 15.5. The summed E-state index contributed by atoms with van der Waals surface area (Å²) in [7, 11) is 4.07. The van der Waals surface area contributed by atoms with Crippen molar-refractivity contribution < 1.29 is 0 Å². The smallest absolute Gasteiger partial charge is 0.187 e. The number of hydrogen-bond acceptors (Lipinski definition) is 4. The first-order valence-electron chi connectivity index (χ1n) is 6.88. The molecule has 3 aromatic rings. The number of thiazole rings is 1. The van der Waals surface area contributed by atoms with E-state index in [-0.39, 0.29) is 0 Å². The van der Waals surface area contributed by atoms with Crippen molar-refractivity contribution in [2.75, 3.05) is 24.3 Å². The molecule has 1 heterocycles. The molecule has 0 aliphatic rings. The Balaban J connectivity index is 1.77. The summed E-state index contributed by atoms with van der Waals surface area (Å²) in [5.41, 5.74) is 4.25. The van der Waals surface area contributed by atoms with Gasteiger partial charge in [0.2, 0.25) is 0 Å². The summed E-state index contributed by atoms with van der Waals surface area (Å²) in [6.45, 7) is 0. The molecule has 0 aliphatic heterocycles. The third kappa shape index (κ3) is 3.40. The van der Waals surface area contributed by atoms with Crippen molar-refractivity contribution in [1.82, 2.24) is 4.98 Å². The maximum absolute atomic E-state index is 5.89. The van der Waals surface area contributed by atoms with Crippen LogP contribution in [0.1, 0.15) is 0 Å². The van der Waals surface area contributed by atoms with E-state index in [1.54, 1.807) is 11.3 Å². The molecule has 0 spiro atoms. The average molecular weight is 330 g/mol. The molecule has 0 radical (unpaired) electrons. The van der Waals surface area contributed by atoms with Crippen molar-refractivity contribution in [2.24, 2.45) is 0 Å². The fourth-order valence-electron chi connectivity index (χ4n) is 2.05. The van der Waals surface area contributed by atoms with Gasteiger partial charge in [0, 0.05) is 41.4 Å². The summed E-state index contributed by atoms with van der Waals surface area (Å²) in [6, 6.07) is 16.0. The van der Waals surface area contributed by atoms with Crippen LogP contribution in [0.15, 0.2) is 53.9 Å². The van der Waals surface area contributed by atoms with Gasteiger partial charge in [-0.3, -0.25) is 0 Å². The number of nitrogens with one attached hydrogen (secondary N) is 1. The maximum Gasteiger partial charge on any atom is 0.187 e. The highest BCUT2D eigenvalue weighted by Gasteiger charge is 2.05. The third-order valence-corrected chi connectivity index (χ3v) is 4.29. The lowest BCUT2D eigenvalue weighted by Crippen LogP contribution is -2.07. The Morgan fingerprint density at radius 2 is 1.68 bits per heavy atom. The number of nitrogens with zero attached hydrogens (tertiary/aromatic N) is 2. The van der Waals surface area contributed by atoms with Crippen molar-refractivity contribution in [3.8, 4) is 11.3 Å². The molecule has 0 unspecified atom stereocenters. The lowest BCUT2D eigenvalue weighted by Gasteiger charge is -2.12. The van der Waals surface area contributed by atoms with Gasteiger partial charge in [0.15, 0.2) is 5.13 Å². The molecule has 0 fully saturated rings. The Bertz CT molecular complexity index is 748. The quantitative estimate of drug-likeness (QED) is 0.706. The van der Waals surface area contributed by atoms with Crippen LogP contribution in [0.5, 0.6) is 0 Å². The number of aromatic nitrogens is 1. The van der Waals surface area contributed by atoms with Crippen molar-refractivity contribution in [3.63, 3.8) is 0 Å². The van der Waals surface area contributed by atoms with Gasteiger partial charge in [0.05, 0.1) is 5.69 Å². The molecule has 0 aliphatic carbocycles. The van der Waals surface area contributed by atoms with Crippen LogP contribution < -0.4 is 10.2 Å². The fraction of sp³-hybridized carbons (Fsp3) is 0.118. The van der Waals surface area contributed by atoms with E-state index in [0.29, 0.717) is 0 Å². The molecule has 22 heavy (non-hydrogen) atoms. The molecule has 112 valence electrons. The minimum atomic E-state index is 0.728. The van der Waals surface area contributed by atoms with Crippen LogP contribution in [0.2, 0.25) is 5.02 Å². The highest BCUT2D eigenvalue weighted by atomic mass is 35.5. The SMILES string of the molecule is CN(C)c1ccc(-c2csc(Nc3ccc(Cl)cc3)n2)cc1. The predicted molar refractivity (Wildman–Crippen MR) is 96.6 cm³/mol. The molecule has 0 amide bonds. The standard InChI is InChI=1S/C17H16ClN3S/c1-21(2)15-9-3-12(4-10-15)16-11-22-17(20-16)19-14-7-5-13(18)6-8-14/h3-11H,1-2H3,(H,19,20). The minimum Gasteiger partial charge on any atom is -0.378 e. The highest BCUT2D eigenvalue weighted by molar-refractivity contribution is 7.14. The van der Waals surface area contributed by atoms with Crippen LogP contribution in [-0.2, 0) is 0 Å². The van der Waals surface area contributed by atoms with Crippen LogP contribution in [0.4, 0.5) is 16.5 Å². The Morgan fingerprint density at radius 1 is 1.00 bits per heavy atom. The molecule has 0 saturated carbocycles. The number of benzene rings is 2. The number of rotatable bonds is 4. The number of halogens is 1. The average Bonchev–Trinajstić information content (AvgIpc) is 2.98. The van der Waals surface area contributed by atoms with Gasteiger partial charge in [0.1, 0.15) is 0 Å². The van der Waals surface area contributed by atoms with Crippen LogP contribution >= 0.6 is 22.9 Å². The Hall–Kier alpha value is -2.04. The molecule has 3 rings (SSSR count). The summed E-state index contributed by atoms with van der Waals surface area (Å²) in [4.78, 5) is 6.72. The molecule has 1 aromatic heterocycles. The van der Waals surface area contributed by atoms with Gasteiger partial charge in [-0.15, -0.1) is 11.3 Å². The number of anilines is 3. The van der Waals surface area contributed by atoms with Crippen molar-refractivity contribution >= 4 is 39.4 Å². The van der Waals surface area contributed by atoms with E-state index in [9.17, 15) is 0 Å². The van der Waals surface area contributed by atoms with Gasteiger partial charge >= 0.3 is 0 Å². The molecular formula is C17H16ClN3S. The van der Waals surface area contributed by atoms with Crippen LogP contribution in [-0.4, -0.2) is 19.1 Å². The highest BCUT2D eigenvalue weighted by Crippen LogP contribution is 2.28. The first-order chi connectivity index (χ1) is 10.6. The number of hydrogen-bond donors (Lipinski definition) is 1. The van der Waals surface area contributed by atoms with Crippen molar-refractivity contribution in [1.29, 1.82) is 0 Å². The molecule has 0 saturated heterocycles. The first-order valence-corrected chi connectivity index (χ1v) is 8.13. The molecular weight excluding hydrogens is 314 g/mol. The summed E-state index contributed by atoms with van der Waals surface area (Å²) >= 11 is 7.48. The lowest BCUT2D eigenvalue weighted by molar-refractivity contribution is 1.13. The van der Waals surface area contributed by atoms with E-state index in [0.717, 1.165) is 27.1 Å². The second-order valence-electron chi connectivity index (χ2n) is 5.11. The minimum absolute atomic E-state index is 0.728. The Morgan fingerprint density at radius 3 is 2.32 bits per heavy atom. The molecule has 5 heteroatoms. The van der Waals surface area contributed by atoms with Gasteiger partial charge in [-0.05, 0) is 36.4 Å². The zero-order valence-electron chi connectivity index (χ0n) is 12.4. The van der Waals surface area contributed by atoms with Gasteiger partial charge in [-0.2, -0.15) is 0 Å². The maximum atomic E-state index is 5.89. The zero-order valence-corrected chi connectivity index (χ0v) is 13.9. The Kier molecular flexibility index (Phi) is 4.32. The largest absolute Gasteiger partial charge is 0.378 e. The summed E-state index contributed by atoms with van der Waals surface area (Å²) in [5, 5.41) is 6.95. The molecule has 0 bridgehead atoms. The van der Waals surface area contributed by atoms with E-state index in [4.69, 9.17) is 11.6 Å². The van der Waals surface area contributed by atoms with Gasteiger partial charge in [-0.25, -0.2) is 4.98 Å². The van der Waals surface area contributed by atoms with Gasteiger partial charge < -0.3 is 10.2 Å². The summed E-state index contributed by atoms with van der Waals surface area (Å²) in [6.07, 6.45) is 0. The van der Waals surface area contributed by atoms with E-state index in [1.165, 1.54) is 5.69 Å². The normalized spacial score (nSPS) is 10.5. The van der Waals surface area contributed by atoms with E-state index >= 15 is 0 Å². The van der Waals surface area contributed by atoms with Crippen molar-refractivity contribution in [3.05, 3.63) is 58.9 Å². The van der Waals surface area contributed by atoms with E-state index in [2.05, 4.69) is 44.8 Å². The molecule has 0 atom stereocenters. The van der Waals surface area contributed by atoms with Crippen LogP contribution in [0.25, 0.3) is 11.3 Å². The second kappa shape index (κ2) is 6.38. The van der Waals surface area contributed by atoms with Crippen molar-refractivity contribution in [2.45, 2.75) is 0 Å². The van der Waals surface area contributed by atoms with Crippen LogP contribution in [0.3, 0.4) is 0 Å². The third-order valence-electron chi connectivity index (χ3n) is 3.28. The second-order valence-corrected chi connectivity index (χ2v) is 6.41. The molecule has 3 nitrogen and oxygen atoms in total. The lowest BCUT2D eigenvalue weighted by atomic mass is 10.1. The Labute approximate surface area is 139 Å². The van der Waals surface area contributed by atoms with Gasteiger partial charge in [-0.1, -0.05) is 23.7 Å². The predicted octanol–water partition coefficient (Wildman–Crippen LogP) is 5.27. The van der Waals surface area contributed by atoms with E-state index in [1.807, 2.05) is 38.4 Å². The molecule has 1 N–H and O–H groups in total. The van der Waals surface area contributed by atoms with Crippen LogP contribution in [0, 0.1) is 0 Å². The monoisotopic (exact) mass is 329 g/mol. The first kappa shape index (κ1) is 14.9. The summed E-state index contributed by atoms with van der Waals surface area (Å²) in [5.74, 6) is 0.